The van der Waals surface area contributed by atoms with Crippen LogP contribution in [0, 0.1) is 5.41 Å². The Kier molecular flexibility index (Phi) is 3.12. The van der Waals surface area contributed by atoms with Crippen LogP contribution in [-0.2, 0) is 0 Å². The second-order valence-corrected chi connectivity index (χ2v) is 5.44. The first kappa shape index (κ1) is 12.6. The molecule has 0 saturated heterocycles. The molecule has 18 heavy (non-hydrogen) atoms. The normalized spacial score (nSPS) is 11.6. The van der Waals surface area contributed by atoms with Crippen LogP contribution in [-0.4, -0.2) is 12.9 Å². The maximum absolute atomic E-state index is 12.4. The molecule has 0 spiro atoms. The first-order chi connectivity index (χ1) is 8.45. The summed E-state index contributed by atoms with van der Waals surface area (Å²) in [5.41, 5.74) is 0.385. The lowest BCUT2D eigenvalue weighted by atomic mass is 9.84. The van der Waals surface area contributed by atoms with Crippen molar-refractivity contribution in [3.05, 3.63) is 42.0 Å². The van der Waals surface area contributed by atoms with Gasteiger partial charge in [-0.15, -0.1) is 0 Å². The smallest absolute Gasteiger partial charge is 0.168 e. The molecule has 0 aromatic heterocycles. The van der Waals surface area contributed by atoms with E-state index in [9.17, 15) is 4.79 Å². The fourth-order valence-corrected chi connectivity index (χ4v) is 2.05. The van der Waals surface area contributed by atoms with Crippen LogP contribution in [0.5, 0.6) is 5.75 Å². The third kappa shape index (κ3) is 2.10. The molecule has 0 radical (unpaired) electrons. The molecular formula is C16H18O2. The molecular weight excluding hydrogens is 224 g/mol. The number of carbonyl (C=O) groups is 1. The first-order valence-electron chi connectivity index (χ1n) is 6.05. The lowest BCUT2D eigenvalue weighted by Gasteiger charge is -2.18. The minimum absolute atomic E-state index is 0.154. The van der Waals surface area contributed by atoms with Gasteiger partial charge in [0.05, 0.1) is 7.11 Å². The highest BCUT2D eigenvalue weighted by Crippen LogP contribution is 2.31. The predicted molar refractivity (Wildman–Crippen MR) is 74.3 cm³/mol. The molecule has 2 aromatic rings. The number of Topliss-reactive ketones (excluding diaryl/α,β-unsaturated/α-hetero) is 1. The number of ketones is 1. The van der Waals surface area contributed by atoms with E-state index in [4.69, 9.17) is 4.74 Å². The zero-order chi connectivity index (χ0) is 13.3. The molecule has 2 rings (SSSR count). The Morgan fingerprint density at radius 3 is 2.17 bits per heavy atom. The van der Waals surface area contributed by atoms with Gasteiger partial charge in [0.15, 0.2) is 5.78 Å². The van der Waals surface area contributed by atoms with Crippen molar-refractivity contribution in [3.8, 4) is 5.75 Å². The van der Waals surface area contributed by atoms with Gasteiger partial charge in [-0.3, -0.25) is 4.79 Å². The summed E-state index contributed by atoms with van der Waals surface area (Å²) >= 11 is 0. The van der Waals surface area contributed by atoms with Crippen molar-refractivity contribution in [1.29, 1.82) is 0 Å². The molecule has 0 unspecified atom stereocenters. The molecule has 0 aliphatic heterocycles. The van der Waals surface area contributed by atoms with E-state index in [2.05, 4.69) is 0 Å². The molecule has 0 aliphatic carbocycles. The Morgan fingerprint density at radius 1 is 1.00 bits per heavy atom. The molecule has 0 fully saturated rings. The number of carbonyl (C=O) groups excluding carboxylic acids is 1. The van der Waals surface area contributed by atoms with E-state index in [0.29, 0.717) is 0 Å². The highest BCUT2D eigenvalue weighted by atomic mass is 16.5. The van der Waals surface area contributed by atoms with E-state index < -0.39 is 0 Å². The average Bonchev–Trinajstić information content (AvgIpc) is 2.35. The topological polar surface area (TPSA) is 26.3 Å². The monoisotopic (exact) mass is 242 g/mol. The number of methoxy groups -OCH3 is 1. The van der Waals surface area contributed by atoms with E-state index in [1.807, 2.05) is 57.2 Å². The Balaban J connectivity index is 2.71. The SMILES string of the molecule is COc1ccc(C(=O)C(C)(C)C)c2ccccc12. The molecule has 0 amide bonds. The van der Waals surface area contributed by atoms with Gasteiger partial charge in [0.25, 0.3) is 0 Å². The molecule has 0 aliphatic rings. The second kappa shape index (κ2) is 4.45. The quantitative estimate of drug-likeness (QED) is 0.742. The van der Waals surface area contributed by atoms with Gasteiger partial charge in [0.1, 0.15) is 5.75 Å². The largest absolute Gasteiger partial charge is 0.496 e. The number of ether oxygens (including phenoxy) is 1. The van der Waals surface area contributed by atoms with Crippen LogP contribution in [0.4, 0.5) is 0 Å². The van der Waals surface area contributed by atoms with Gasteiger partial charge in [-0.05, 0) is 17.5 Å². The second-order valence-electron chi connectivity index (χ2n) is 5.44. The van der Waals surface area contributed by atoms with Crippen LogP contribution in [0.2, 0.25) is 0 Å². The summed E-state index contributed by atoms with van der Waals surface area (Å²) in [6.07, 6.45) is 0. The fraction of sp³-hybridized carbons (Fsp3) is 0.312. The highest BCUT2D eigenvalue weighted by molar-refractivity contribution is 6.11. The van der Waals surface area contributed by atoms with Gasteiger partial charge in [-0.1, -0.05) is 45.0 Å². The summed E-state index contributed by atoms with van der Waals surface area (Å²) in [6.45, 7) is 5.82. The highest BCUT2D eigenvalue weighted by Gasteiger charge is 2.24. The van der Waals surface area contributed by atoms with Crippen molar-refractivity contribution < 1.29 is 9.53 Å². The Hall–Kier alpha value is -1.83. The lowest BCUT2D eigenvalue weighted by Crippen LogP contribution is -2.20. The van der Waals surface area contributed by atoms with Crippen LogP contribution < -0.4 is 4.74 Å². The molecule has 2 heteroatoms. The zero-order valence-electron chi connectivity index (χ0n) is 11.3. The van der Waals surface area contributed by atoms with Crippen molar-refractivity contribution in [2.45, 2.75) is 20.8 Å². The third-order valence-corrected chi connectivity index (χ3v) is 3.03. The van der Waals surface area contributed by atoms with E-state index in [-0.39, 0.29) is 11.2 Å². The van der Waals surface area contributed by atoms with Gasteiger partial charge in [-0.25, -0.2) is 0 Å². The first-order valence-corrected chi connectivity index (χ1v) is 6.05. The Bertz CT molecular complexity index is 592. The average molecular weight is 242 g/mol. The van der Waals surface area contributed by atoms with E-state index in [1.165, 1.54) is 0 Å². The third-order valence-electron chi connectivity index (χ3n) is 3.03. The summed E-state index contributed by atoms with van der Waals surface area (Å²) in [7, 11) is 1.65. The molecule has 0 heterocycles. The summed E-state index contributed by atoms with van der Waals surface area (Å²) < 4.78 is 5.34. The van der Waals surface area contributed by atoms with Crippen LogP contribution in [0.15, 0.2) is 36.4 Å². The van der Waals surface area contributed by atoms with Crippen LogP contribution in [0.25, 0.3) is 10.8 Å². The lowest BCUT2D eigenvalue weighted by molar-refractivity contribution is 0.0860. The van der Waals surface area contributed by atoms with Crippen molar-refractivity contribution >= 4 is 16.6 Å². The molecule has 0 N–H and O–H groups in total. The fourth-order valence-electron chi connectivity index (χ4n) is 2.05. The predicted octanol–water partition coefficient (Wildman–Crippen LogP) is 4.08. The number of hydrogen-bond donors (Lipinski definition) is 0. The van der Waals surface area contributed by atoms with E-state index in [0.717, 1.165) is 22.1 Å². The van der Waals surface area contributed by atoms with Gasteiger partial charge in [0, 0.05) is 16.4 Å². The molecule has 2 nitrogen and oxygen atoms in total. The molecule has 0 atom stereocenters. The summed E-state index contributed by atoms with van der Waals surface area (Å²) in [5, 5.41) is 1.94. The maximum atomic E-state index is 12.4. The van der Waals surface area contributed by atoms with Gasteiger partial charge >= 0.3 is 0 Å². The van der Waals surface area contributed by atoms with E-state index in [1.54, 1.807) is 7.11 Å². The molecule has 2 aromatic carbocycles. The van der Waals surface area contributed by atoms with Gasteiger partial charge in [0.2, 0.25) is 0 Å². The molecule has 94 valence electrons. The Morgan fingerprint density at radius 2 is 1.61 bits per heavy atom. The Labute approximate surface area is 108 Å². The summed E-state index contributed by atoms with van der Waals surface area (Å²) in [6, 6.07) is 11.6. The summed E-state index contributed by atoms with van der Waals surface area (Å²) in [5.74, 6) is 0.956. The van der Waals surface area contributed by atoms with Crippen LogP contribution >= 0.6 is 0 Å². The minimum atomic E-state index is -0.378. The standard InChI is InChI=1S/C16H18O2/c1-16(2,3)15(17)13-9-10-14(18-4)12-8-6-5-7-11(12)13/h5-10H,1-4H3. The van der Waals surface area contributed by atoms with Crippen LogP contribution in [0.1, 0.15) is 31.1 Å². The van der Waals surface area contributed by atoms with Crippen molar-refractivity contribution in [2.24, 2.45) is 5.41 Å². The molecule has 0 bridgehead atoms. The van der Waals surface area contributed by atoms with Gasteiger partial charge < -0.3 is 4.74 Å². The van der Waals surface area contributed by atoms with Crippen molar-refractivity contribution in [3.63, 3.8) is 0 Å². The van der Waals surface area contributed by atoms with Crippen LogP contribution in [0.3, 0.4) is 0 Å². The number of benzene rings is 2. The van der Waals surface area contributed by atoms with Crippen molar-refractivity contribution in [1.82, 2.24) is 0 Å². The molecule has 0 saturated carbocycles. The number of hydrogen-bond acceptors (Lipinski definition) is 2. The maximum Gasteiger partial charge on any atom is 0.168 e. The minimum Gasteiger partial charge on any atom is -0.496 e. The van der Waals surface area contributed by atoms with Crippen molar-refractivity contribution in [2.75, 3.05) is 7.11 Å². The van der Waals surface area contributed by atoms with E-state index >= 15 is 0 Å². The summed E-state index contributed by atoms with van der Waals surface area (Å²) in [4.78, 5) is 12.4. The number of fused-ring (bicyclic) bond motifs is 1. The zero-order valence-corrected chi connectivity index (χ0v) is 11.3. The van der Waals surface area contributed by atoms with Gasteiger partial charge in [-0.2, -0.15) is 0 Å². The number of rotatable bonds is 2.